The molecule has 1 atom stereocenters. The van der Waals surface area contributed by atoms with Crippen LogP contribution in [-0.4, -0.2) is 17.2 Å². The molecule has 2 rings (SSSR count). The Hall–Kier alpha value is -2.07. The first kappa shape index (κ1) is 12.4. The Morgan fingerprint density at radius 1 is 1.28 bits per heavy atom. The highest BCUT2D eigenvalue weighted by Gasteiger charge is 2.17. The van der Waals surface area contributed by atoms with Crippen LogP contribution < -0.4 is 10.5 Å². The summed E-state index contributed by atoms with van der Waals surface area (Å²) < 4.78 is 5.15. The van der Waals surface area contributed by atoms with Gasteiger partial charge in [-0.2, -0.15) is 0 Å². The van der Waals surface area contributed by atoms with Gasteiger partial charge in [0.15, 0.2) is 0 Å². The first-order valence-corrected chi connectivity index (χ1v) is 5.66. The van der Waals surface area contributed by atoms with Gasteiger partial charge in [0, 0.05) is 23.5 Å². The summed E-state index contributed by atoms with van der Waals surface area (Å²) in [5, 5.41) is 10.4. The molecular weight excluding hydrogens is 228 g/mol. The normalized spacial score (nSPS) is 12.2. The third kappa shape index (κ3) is 2.15. The summed E-state index contributed by atoms with van der Waals surface area (Å²) >= 11 is 0. The van der Waals surface area contributed by atoms with Crippen LogP contribution in [0.5, 0.6) is 5.75 Å². The molecular formula is C14H16N2O2. The van der Waals surface area contributed by atoms with Gasteiger partial charge in [0.05, 0.1) is 12.8 Å². The summed E-state index contributed by atoms with van der Waals surface area (Å²) in [4.78, 5) is 4.03. The minimum Gasteiger partial charge on any atom is -0.495 e. The van der Waals surface area contributed by atoms with E-state index in [1.807, 2.05) is 13.0 Å². The van der Waals surface area contributed by atoms with Gasteiger partial charge in [-0.25, -0.2) is 0 Å². The largest absolute Gasteiger partial charge is 0.495 e. The molecule has 2 aromatic rings. The lowest BCUT2D eigenvalue weighted by molar-refractivity contribution is 0.219. The van der Waals surface area contributed by atoms with Crippen LogP contribution in [0.2, 0.25) is 0 Å². The molecule has 0 saturated carbocycles. The highest BCUT2D eigenvalue weighted by Crippen LogP contribution is 2.33. The van der Waals surface area contributed by atoms with Crippen LogP contribution in [0.25, 0.3) is 0 Å². The SMILES string of the molecule is COc1cccc(C(O)c2cnccc2C)c1N. The number of nitrogens with two attached hydrogens (primary N) is 1. The van der Waals surface area contributed by atoms with Gasteiger partial charge in [0.25, 0.3) is 0 Å². The molecule has 94 valence electrons. The number of aromatic nitrogens is 1. The Balaban J connectivity index is 2.47. The van der Waals surface area contributed by atoms with E-state index in [2.05, 4.69) is 4.98 Å². The fourth-order valence-corrected chi connectivity index (χ4v) is 1.91. The van der Waals surface area contributed by atoms with Crippen molar-refractivity contribution in [1.29, 1.82) is 0 Å². The number of hydrogen-bond acceptors (Lipinski definition) is 4. The van der Waals surface area contributed by atoms with E-state index in [1.165, 1.54) is 0 Å². The van der Waals surface area contributed by atoms with Gasteiger partial charge < -0.3 is 15.6 Å². The number of aryl methyl sites for hydroxylation is 1. The number of benzene rings is 1. The number of pyridine rings is 1. The van der Waals surface area contributed by atoms with Gasteiger partial charge in [-0.15, -0.1) is 0 Å². The maximum Gasteiger partial charge on any atom is 0.142 e. The van der Waals surface area contributed by atoms with Crippen LogP contribution in [0, 0.1) is 6.92 Å². The Kier molecular flexibility index (Phi) is 3.48. The van der Waals surface area contributed by atoms with E-state index in [9.17, 15) is 5.11 Å². The van der Waals surface area contributed by atoms with Crippen molar-refractivity contribution in [3.8, 4) is 5.75 Å². The lowest BCUT2D eigenvalue weighted by atomic mass is 9.98. The van der Waals surface area contributed by atoms with E-state index in [1.54, 1.807) is 37.7 Å². The van der Waals surface area contributed by atoms with Crippen molar-refractivity contribution in [3.05, 3.63) is 53.3 Å². The van der Waals surface area contributed by atoms with Crippen LogP contribution in [0.15, 0.2) is 36.7 Å². The number of aliphatic hydroxyl groups excluding tert-OH is 1. The number of para-hydroxylation sites is 1. The molecule has 0 aliphatic heterocycles. The molecule has 0 aliphatic rings. The Labute approximate surface area is 106 Å². The number of aliphatic hydroxyl groups is 1. The van der Waals surface area contributed by atoms with Crippen LogP contribution in [-0.2, 0) is 0 Å². The summed E-state index contributed by atoms with van der Waals surface area (Å²) in [6.07, 6.45) is 2.55. The number of ether oxygens (including phenoxy) is 1. The van der Waals surface area contributed by atoms with Gasteiger partial charge in [0.1, 0.15) is 11.9 Å². The first-order valence-electron chi connectivity index (χ1n) is 5.66. The fourth-order valence-electron chi connectivity index (χ4n) is 1.91. The summed E-state index contributed by atoms with van der Waals surface area (Å²) in [7, 11) is 1.55. The predicted molar refractivity (Wildman–Crippen MR) is 70.4 cm³/mol. The van der Waals surface area contributed by atoms with Crippen molar-refractivity contribution in [2.75, 3.05) is 12.8 Å². The quantitative estimate of drug-likeness (QED) is 0.811. The van der Waals surface area contributed by atoms with E-state index in [0.717, 1.165) is 11.1 Å². The second-order valence-electron chi connectivity index (χ2n) is 4.10. The average molecular weight is 244 g/mol. The van der Waals surface area contributed by atoms with Crippen molar-refractivity contribution < 1.29 is 9.84 Å². The number of nitrogen functional groups attached to an aromatic ring is 1. The Morgan fingerprint density at radius 3 is 2.72 bits per heavy atom. The molecule has 1 heterocycles. The second-order valence-corrected chi connectivity index (χ2v) is 4.10. The number of hydrogen-bond donors (Lipinski definition) is 2. The molecule has 1 unspecified atom stereocenters. The molecule has 1 aromatic heterocycles. The zero-order valence-corrected chi connectivity index (χ0v) is 10.4. The molecule has 0 spiro atoms. The van der Waals surface area contributed by atoms with Crippen LogP contribution in [0.4, 0.5) is 5.69 Å². The average Bonchev–Trinajstić information content (AvgIpc) is 2.39. The summed E-state index contributed by atoms with van der Waals surface area (Å²) in [6, 6.07) is 7.21. The van der Waals surface area contributed by atoms with Crippen molar-refractivity contribution in [3.63, 3.8) is 0 Å². The molecule has 0 fully saturated rings. The first-order chi connectivity index (χ1) is 8.65. The fraction of sp³-hybridized carbons (Fsp3) is 0.214. The van der Waals surface area contributed by atoms with Crippen LogP contribution >= 0.6 is 0 Å². The molecule has 18 heavy (non-hydrogen) atoms. The molecule has 0 aliphatic carbocycles. The van der Waals surface area contributed by atoms with E-state index < -0.39 is 6.10 Å². The van der Waals surface area contributed by atoms with Crippen LogP contribution in [0.3, 0.4) is 0 Å². The van der Waals surface area contributed by atoms with E-state index >= 15 is 0 Å². The number of nitrogens with zero attached hydrogens (tertiary/aromatic N) is 1. The smallest absolute Gasteiger partial charge is 0.142 e. The lowest BCUT2D eigenvalue weighted by Crippen LogP contribution is -2.07. The molecule has 0 bridgehead atoms. The monoisotopic (exact) mass is 244 g/mol. The highest BCUT2D eigenvalue weighted by molar-refractivity contribution is 5.60. The molecule has 0 amide bonds. The molecule has 4 nitrogen and oxygen atoms in total. The molecule has 0 saturated heterocycles. The lowest BCUT2D eigenvalue weighted by Gasteiger charge is -2.17. The summed E-state index contributed by atoms with van der Waals surface area (Å²) in [6.45, 7) is 1.93. The zero-order valence-electron chi connectivity index (χ0n) is 10.4. The zero-order chi connectivity index (χ0) is 13.1. The predicted octanol–water partition coefficient (Wildman–Crippen LogP) is 2.06. The number of rotatable bonds is 3. The maximum atomic E-state index is 10.4. The number of anilines is 1. The topological polar surface area (TPSA) is 68.4 Å². The molecule has 4 heteroatoms. The minimum absolute atomic E-state index is 0.454. The summed E-state index contributed by atoms with van der Waals surface area (Å²) in [5.41, 5.74) is 8.78. The van der Waals surface area contributed by atoms with Gasteiger partial charge in [0.2, 0.25) is 0 Å². The highest BCUT2D eigenvalue weighted by atomic mass is 16.5. The standard InChI is InChI=1S/C14H16N2O2/c1-9-6-7-16-8-11(9)14(17)10-4-3-5-12(18-2)13(10)15/h3-8,14,17H,15H2,1-2H3. The third-order valence-corrected chi connectivity index (χ3v) is 2.99. The van der Waals surface area contributed by atoms with Gasteiger partial charge in [-0.3, -0.25) is 4.98 Å². The molecule has 0 radical (unpaired) electrons. The van der Waals surface area contributed by atoms with Crippen molar-refractivity contribution >= 4 is 5.69 Å². The van der Waals surface area contributed by atoms with E-state index in [-0.39, 0.29) is 0 Å². The maximum absolute atomic E-state index is 10.4. The van der Waals surface area contributed by atoms with Crippen molar-refractivity contribution in [2.45, 2.75) is 13.0 Å². The Bertz CT molecular complexity index is 555. The van der Waals surface area contributed by atoms with E-state index in [0.29, 0.717) is 17.0 Å². The van der Waals surface area contributed by atoms with Gasteiger partial charge >= 0.3 is 0 Å². The summed E-state index contributed by atoms with van der Waals surface area (Å²) in [5.74, 6) is 0.563. The second kappa shape index (κ2) is 5.06. The van der Waals surface area contributed by atoms with E-state index in [4.69, 9.17) is 10.5 Å². The van der Waals surface area contributed by atoms with Crippen molar-refractivity contribution in [2.24, 2.45) is 0 Å². The minimum atomic E-state index is -0.797. The van der Waals surface area contributed by atoms with Gasteiger partial charge in [-0.05, 0) is 24.6 Å². The van der Waals surface area contributed by atoms with Crippen LogP contribution in [0.1, 0.15) is 22.8 Å². The molecule has 3 N–H and O–H groups in total. The Morgan fingerprint density at radius 2 is 2.06 bits per heavy atom. The van der Waals surface area contributed by atoms with Gasteiger partial charge in [-0.1, -0.05) is 12.1 Å². The number of methoxy groups -OCH3 is 1. The molecule has 1 aromatic carbocycles. The van der Waals surface area contributed by atoms with Crippen molar-refractivity contribution in [1.82, 2.24) is 4.98 Å². The third-order valence-electron chi connectivity index (χ3n) is 2.99.